The number of ether oxygens (including phenoxy) is 1. The van der Waals surface area contributed by atoms with Crippen LogP contribution in [0, 0.1) is 11.8 Å². The van der Waals surface area contributed by atoms with E-state index in [2.05, 4.69) is 21.3 Å². The highest BCUT2D eigenvalue weighted by atomic mass is 16.5. The number of carbonyl (C=O) groups excluding carboxylic acids is 3. The van der Waals surface area contributed by atoms with Gasteiger partial charge in [0.2, 0.25) is 17.7 Å². The molecule has 0 heterocycles. The van der Waals surface area contributed by atoms with Crippen LogP contribution in [0.1, 0.15) is 34.6 Å². The smallest absolute Gasteiger partial charge is 0.224 e. The Balaban J connectivity index is 0. The maximum Gasteiger partial charge on any atom is 0.224 e. The summed E-state index contributed by atoms with van der Waals surface area (Å²) in [6, 6.07) is 0.00681. The summed E-state index contributed by atoms with van der Waals surface area (Å²) in [6.45, 7) is 9.33. The molecule has 4 atom stereocenters. The van der Waals surface area contributed by atoms with Gasteiger partial charge in [-0.15, -0.1) is 0 Å². The molecule has 0 aliphatic rings. The Bertz CT molecular complexity index is 390. The molecule has 0 fully saturated rings. The fraction of sp³-hybridized carbons (Fsp3) is 0.812. The predicted octanol–water partition coefficient (Wildman–Crippen LogP) is -0.156. The van der Waals surface area contributed by atoms with Crippen LogP contribution in [-0.4, -0.2) is 57.7 Å². The normalized spacial score (nSPS) is 15.0. The molecule has 4 unspecified atom stereocenters. The zero-order valence-electron chi connectivity index (χ0n) is 16.1. The second kappa shape index (κ2) is 13.7. The maximum absolute atomic E-state index is 11.1. The Hall–Kier alpha value is -1.67. The highest BCUT2D eigenvalue weighted by Gasteiger charge is 2.19. The van der Waals surface area contributed by atoms with Crippen molar-refractivity contribution in [2.75, 3.05) is 27.9 Å². The molecule has 8 heteroatoms. The molecule has 4 N–H and O–H groups in total. The molecule has 0 aromatic carbocycles. The van der Waals surface area contributed by atoms with Crippen molar-refractivity contribution >= 4 is 17.7 Å². The van der Waals surface area contributed by atoms with E-state index in [1.165, 1.54) is 6.92 Å². The van der Waals surface area contributed by atoms with Gasteiger partial charge in [0, 0.05) is 40.2 Å². The summed E-state index contributed by atoms with van der Waals surface area (Å²) in [5, 5.41) is 10.9. The zero-order valence-corrected chi connectivity index (χ0v) is 16.1. The van der Waals surface area contributed by atoms with E-state index in [4.69, 9.17) is 4.74 Å². The monoisotopic (exact) mass is 346 g/mol. The Morgan fingerprint density at radius 1 is 0.875 bits per heavy atom. The molecule has 0 aliphatic carbocycles. The van der Waals surface area contributed by atoms with Gasteiger partial charge in [-0.2, -0.15) is 0 Å². The van der Waals surface area contributed by atoms with Crippen molar-refractivity contribution in [2.24, 2.45) is 11.8 Å². The van der Waals surface area contributed by atoms with Crippen molar-refractivity contribution < 1.29 is 19.1 Å². The molecule has 8 nitrogen and oxygen atoms in total. The third-order valence-electron chi connectivity index (χ3n) is 3.80. The number of hydrogen-bond acceptors (Lipinski definition) is 5. The topological polar surface area (TPSA) is 109 Å². The zero-order chi connectivity index (χ0) is 19.3. The maximum atomic E-state index is 11.1. The van der Waals surface area contributed by atoms with Crippen LogP contribution in [0.25, 0.3) is 0 Å². The minimum atomic E-state index is -0.195. The van der Waals surface area contributed by atoms with Gasteiger partial charge in [0.1, 0.15) is 0 Å². The van der Waals surface area contributed by atoms with Crippen molar-refractivity contribution in [1.29, 1.82) is 0 Å². The molecule has 0 saturated heterocycles. The number of hydrogen-bond donors (Lipinski definition) is 4. The standard InChI is InChI=1S/C8H18N2O2.C8H16N2O2/c1-6(8(11)9-3)7(2)10-5-12-4;1-5(8(12)9-4)6(2)10-7(3)11/h6-7,10H,5H2,1-4H3,(H,9,11);5-6H,1-4H3,(H,9,12)(H,10,11). The summed E-state index contributed by atoms with van der Waals surface area (Å²) in [5.74, 6) is -0.357. The van der Waals surface area contributed by atoms with Crippen LogP contribution in [0.4, 0.5) is 0 Å². The Kier molecular flexibility index (Phi) is 14.1. The van der Waals surface area contributed by atoms with E-state index in [1.54, 1.807) is 35.1 Å². The third kappa shape index (κ3) is 11.0. The molecule has 0 aromatic rings. The van der Waals surface area contributed by atoms with Gasteiger partial charge < -0.3 is 20.7 Å². The fourth-order valence-electron chi connectivity index (χ4n) is 1.75. The molecule has 0 spiro atoms. The van der Waals surface area contributed by atoms with Gasteiger partial charge in [-0.25, -0.2) is 0 Å². The molecule has 24 heavy (non-hydrogen) atoms. The lowest BCUT2D eigenvalue weighted by atomic mass is 10.0. The van der Waals surface area contributed by atoms with Crippen LogP contribution in [0.3, 0.4) is 0 Å². The quantitative estimate of drug-likeness (QED) is 0.457. The molecule has 0 aliphatic heterocycles. The van der Waals surface area contributed by atoms with Crippen LogP contribution in [0.15, 0.2) is 0 Å². The molecule has 0 radical (unpaired) electrons. The fourth-order valence-corrected chi connectivity index (χ4v) is 1.75. The second-order valence-electron chi connectivity index (χ2n) is 5.72. The summed E-state index contributed by atoms with van der Waals surface area (Å²) in [5.41, 5.74) is 0. The summed E-state index contributed by atoms with van der Waals surface area (Å²) < 4.78 is 4.83. The summed E-state index contributed by atoms with van der Waals surface area (Å²) in [4.78, 5) is 32.8. The van der Waals surface area contributed by atoms with E-state index in [0.717, 1.165) is 0 Å². The summed E-state index contributed by atoms with van der Waals surface area (Å²) >= 11 is 0. The first kappa shape index (κ1) is 24.6. The summed E-state index contributed by atoms with van der Waals surface area (Å²) in [6.07, 6.45) is 0. The molecule has 142 valence electrons. The molecule has 0 saturated carbocycles. The van der Waals surface area contributed by atoms with Gasteiger partial charge in [-0.1, -0.05) is 13.8 Å². The van der Waals surface area contributed by atoms with Gasteiger partial charge in [0.25, 0.3) is 0 Å². The molecule has 0 aromatic heterocycles. The van der Waals surface area contributed by atoms with Crippen LogP contribution in [-0.2, 0) is 19.1 Å². The van der Waals surface area contributed by atoms with Crippen LogP contribution < -0.4 is 21.3 Å². The highest BCUT2D eigenvalue weighted by Crippen LogP contribution is 2.02. The van der Waals surface area contributed by atoms with Gasteiger partial charge in [-0.05, 0) is 13.8 Å². The largest absolute Gasteiger partial charge is 0.370 e. The van der Waals surface area contributed by atoms with Gasteiger partial charge >= 0.3 is 0 Å². The van der Waals surface area contributed by atoms with Gasteiger partial charge in [0.15, 0.2) is 0 Å². The third-order valence-corrected chi connectivity index (χ3v) is 3.80. The van der Waals surface area contributed by atoms with E-state index in [0.29, 0.717) is 6.73 Å². The first-order chi connectivity index (χ1) is 11.1. The highest BCUT2D eigenvalue weighted by molar-refractivity contribution is 5.80. The SMILES string of the molecule is CNC(=O)C(C)C(C)NC(C)=O.CNC(=O)C(C)C(C)NCOC. The Labute approximate surface area is 145 Å². The number of amides is 3. The van der Waals surface area contributed by atoms with Gasteiger partial charge in [-0.3, -0.25) is 19.7 Å². The van der Waals surface area contributed by atoms with E-state index in [1.807, 2.05) is 13.8 Å². The number of rotatable bonds is 8. The van der Waals surface area contributed by atoms with E-state index in [-0.39, 0.29) is 41.6 Å². The molecule has 3 amide bonds. The Morgan fingerprint density at radius 2 is 1.29 bits per heavy atom. The van der Waals surface area contributed by atoms with Crippen molar-refractivity contribution in [1.82, 2.24) is 21.3 Å². The molecular weight excluding hydrogens is 312 g/mol. The van der Waals surface area contributed by atoms with Crippen LogP contribution >= 0.6 is 0 Å². The predicted molar refractivity (Wildman–Crippen MR) is 94.2 cm³/mol. The number of methoxy groups -OCH3 is 1. The minimum absolute atomic E-state index is 0.0369. The van der Waals surface area contributed by atoms with Crippen molar-refractivity contribution in [3.05, 3.63) is 0 Å². The first-order valence-corrected chi connectivity index (χ1v) is 8.04. The first-order valence-electron chi connectivity index (χ1n) is 8.04. The number of nitrogens with one attached hydrogen (secondary N) is 4. The van der Waals surface area contributed by atoms with E-state index in [9.17, 15) is 14.4 Å². The lowest BCUT2D eigenvalue weighted by molar-refractivity contribution is -0.126. The van der Waals surface area contributed by atoms with E-state index >= 15 is 0 Å². The van der Waals surface area contributed by atoms with E-state index < -0.39 is 0 Å². The average Bonchev–Trinajstić information content (AvgIpc) is 2.56. The van der Waals surface area contributed by atoms with Crippen molar-refractivity contribution in [2.45, 2.75) is 46.7 Å². The minimum Gasteiger partial charge on any atom is -0.370 e. The van der Waals surface area contributed by atoms with Crippen LogP contribution in [0.5, 0.6) is 0 Å². The van der Waals surface area contributed by atoms with Crippen molar-refractivity contribution in [3.63, 3.8) is 0 Å². The second-order valence-corrected chi connectivity index (χ2v) is 5.72. The summed E-state index contributed by atoms with van der Waals surface area (Å²) in [7, 11) is 4.84. The average molecular weight is 346 g/mol. The number of carbonyl (C=O) groups is 3. The van der Waals surface area contributed by atoms with Crippen molar-refractivity contribution in [3.8, 4) is 0 Å². The Morgan fingerprint density at radius 3 is 1.62 bits per heavy atom. The lowest BCUT2D eigenvalue weighted by Crippen LogP contribution is -2.42. The lowest BCUT2D eigenvalue weighted by Gasteiger charge is -2.19. The molecule has 0 rings (SSSR count). The molecular formula is C16H34N4O4. The molecule has 0 bridgehead atoms. The van der Waals surface area contributed by atoms with Crippen LogP contribution in [0.2, 0.25) is 0 Å². The van der Waals surface area contributed by atoms with Gasteiger partial charge in [0.05, 0.1) is 18.6 Å².